The molecule has 0 bridgehead atoms. The molecule has 0 aliphatic heterocycles. The number of thioether (sulfide) groups is 1. The van der Waals surface area contributed by atoms with Crippen LogP contribution in [0.25, 0.3) is 0 Å². The van der Waals surface area contributed by atoms with Gasteiger partial charge in [-0.1, -0.05) is 24.6 Å². The molecule has 1 aromatic rings. The summed E-state index contributed by atoms with van der Waals surface area (Å²) in [6, 6.07) is 0.654. The first-order valence-corrected chi connectivity index (χ1v) is 7.45. The van der Waals surface area contributed by atoms with E-state index in [0.717, 1.165) is 24.4 Å². The summed E-state index contributed by atoms with van der Waals surface area (Å²) in [6.07, 6.45) is 11.7. The molecule has 0 amide bonds. The van der Waals surface area contributed by atoms with E-state index < -0.39 is 0 Å². The molecule has 0 radical (unpaired) electrons. The molecule has 3 rings (SSSR count). The van der Waals surface area contributed by atoms with E-state index in [0.29, 0.717) is 11.8 Å². The van der Waals surface area contributed by atoms with Crippen molar-refractivity contribution >= 4 is 17.5 Å². The van der Waals surface area contributed by atoms with Crippen molar-refractivity contribution in [3.8, 4) is 0 Å². The van der Waals surface area contributed by atoms with Gasteiger partial charge < -0.3 is 4.57 Å². The molecule has 2 aliphatic carbocycles. The average Bonchev–Trinajstić information content (AvgIpc) is 3.09. The van der Waals surface area contributed by atoms with Crippen LogP contribution in [0.3, 0.4) is 0 Å². The molecular formula is C13H18N2OS. The summed E-state index contributed by atoms with van der Waals surface area (Å²) < 4.78 is 2.25. The Kier molecular flexibility index (Phi) is 3.23. The highest BCUT2D eigenvalue weighted by Gasteiger charge is 2.28. The third-order valence-electron chi connectivity index (χ3n) is 3.57. The van der Waals surface area contributed by atoms with Crippen LogP contribution in [-0.4, -0.2) is 20.6 Å². The maximum Gasteiger partial charge on any atom is 0.168 e. The third-order valence-corrected chi connectivity index (χ3v) is 4.88. The van der Waals surface area contributed by atoms with Crippen LogP contribution in [0, 0.1) is 0 Å². The van der Waals surface area contributed by atoms with Crippen molar-refractivity contribution in [2.24, 2.45) is 0 Å². The van der Waals surface area contributed by atoms with Gasteiger partial charge in [-0.15, -0.1) is 0 Å². The molecule has 2 fully saturated rings. The van der Waals surface area contributed by atoms with Gasteiger partial charge in [0.2, 0.25) is 0 Å². The maximum absolute atomic E-state index is 12.0. The zero-order chi connectivity index (χ0) is 11.7. The van der Waals surface area contributed by atoms with Gasteiger partial charge >= 0.3 is 0 Å². The van der Waals surface area contributed by atoms with Gasteiger partial charge in [0.25, 0.3) is 0 Å². The molecule has 1 aromatic heterocycles. The second-order valence-electron chi connectivity index (χ2n) is 5.02. The summed E-state index contributed by atoms with van der Waals surface area (Å²) in [7, 11) is 0. The summed E-state index contributed by atoms with van der Waals surface area (Å²) in [5, 5.41) is 1.20. The number of nitrogens with zero attached hydrogens (tertiary/aromatic N) is 2. The second-order valence-corrected chi connectivity index (χ2v) is 6.19. The number of rotatable bonds is 3. The fraction of sp³-hybridized carbons (Fsp3) is 0.692. The molecule has 2 saturated carbocycles. The van der Waals surface area contributed by atoms with Crippen LogP contribution in [0.4, 0.5) is 0 Å². The van der Waals surface area contributed by atoms with Crippen LogP contribution in [0.5, 0.6) is 0 Å². The first-order valence-electron chi connectivity index (χ1n) is 6.57. The standard InChI is InChI=1S/C13H18N2OS/c16-11-4-2-1-3-5-12(11)17-13-14-8-9-15(13)10-6-7-10/h8-10,12H,1-7H2/t12-/m0/s1. The van der Waals surface area contributed by atoms with Gasteiger partial charge in [-0.2, -0.15) is 0 Å². The van der Waals surface area contributed by atoms with Gasteiger partial charge in [0.05, 0.1) is 5.25 Å². The summed E-state index contributed by atoms with van der Waals surface area (Å²) in [6.45, 7) is 0. The molecule has 1 atom stereocenters. The lowest BCUT2D eigenvalue weighted by Crippen LogP contribution is -2.15. The quantitative estimate of drug-likeness (QED) is 0.773. The summed E-state index contributed by atoms with van der Waals surface area (Å²) in [5.74, 6) is 0.429. The van der Waals surface area contributed by atoms with Crippen molar-refractivity contribution in [2.45, 2.75) is 61.4 Å². The molecule has 2 aliphatic rings. The first-order chi connectivity index (χ1) is 8.34. The lowest BCUT2D eigenvalue weighted by Gasteiger charge is -2.13. The Hall–Kier alpha value is -0.770. The Balaban J connectivity index is 1.71. The van der Waals surface area contributed by atoms with Gasteiger partial charge in [-0.25, -0.2) is 4.98 Å². The summed E-state index contributed by atoms with van der Waals surface area (Å²) >= 11 is 1.69. The Bertz CT molecular complexity index is 411. The largest absolute Gasteiger partial charge is 0.323 e. The van der Waals surface area contributed by atoms with Crippen LogP contribution >= 0.6 is 11.8 Å². The van der Waals surface area contributed by atoms with Crippen molar-refractivity contribution in [3.05, 3.63) is 12.4 Å². The molecule has 3 nitrogen and oxygen atoms in total. The van der Waals surface area contributed by atoms with E-state index in [9.17, 15) is 4.79 Å². The Labute approximate surface area is 106 Å². The highest BCUT2D eigenvalue weighted by molar-refractivity contribution is 8.00. The zero-order valence-electron chi connectivity index (χ0n) is 9.97. The number of imidazole rings is 1. The topological polar surface area (TPSA) is 34.9 Å². The molecule has 92 valence electrons. The number of Topliss-reactive ketones (excluding diaryl/α,β-unsaturated/α-hetero) is 1. The first kappa shape index (κ1) is 11.3. The van der Waals surface area contributed by atoms with E-state index in [4.69, 9.17) is 0 Å². The summed E-state index contributed by atoms with van der Waals surface area (Å²) in [4.78, 5) is 16.4. The molecule has 1 heterocycles. The predicted octanol–water partition coefficient (Wildman–Crippen LogP) is 3.21. The van der Waals surface area contributed by atoms with Crippen molar-refractivity contribution in [1.29, 1.82) is 0 Å². The van der Waals surface area contributed by atoms with E-state index in [1.807, 2.05) is 6.20 Å². The number of aromatic nitrogens is 2. The van der Waals surface area contributed by atoms with Crippen molar-refractivity contribution in [3.63, 3.8) is 0 Å². The minimum Gasteiger partial charge on any atom is -0.323 e. The number of carbonyl (C=O) groups excluding carboxylic acids is 1. The van der Waals surface area contributed by atoms with Crippen molar-refractivity contribution in [2.75, 3.05) is 0 Å². The number of carbonyl (C=O) groups is 1. The summed E-state index contributed by atoms with van der Waals surface area (Å²) in [5.41, 5.74) is 0. The highest BCUT2D eigenvalue weighted by Crippen LogP contribution is 2.39. The van der Waals surface area contributed by atoms with E-state index >= 15 is 0 Å². The van der Waals surface area contributed by atoms with E-state index in [-0.39, 0.29) is 5.25 Å². The van der Waals surface area contributed by atoms with Gasteiger partial charge in [0.15, 0.2) is 5.16 Å². The van der Waals surface area contributed by atoms with Crippen LogP contribution in [0.15, 0.2) is 17.6 Å². The fourth-order valence-electron chi connectivity index (χ4n) is 2.40. The normalized spacial score (nSPS) is 25.9. The minimum absolute atomic E-state index is 0.150. The van der Waals surface area contributed by atoms with Crippen LogP contribution < -0.4 is 0 Å². The number of hydrogen-bond donors (Lipinski definition) is 0. The molecule has 0 N–H and O–H groups in total. The van der Waals surface area contributed by atoms with Gasteiger partial charge in [-0.3, -0.25) is 4.79 Å². The monoisotopic (exact) mass is 250 g/mol. The fourth-order valence-corrected chi connectivity index (χ4v) is 3.64. The predicted molar refractivity (Wildman–Crippen MR) is 68.2 cm³/mol. The smallest absolute Gasteiger partial charge is 0.168 e. The van der Waals surface area contributed by atoms with E-state index in [1.54, 1.807) is 11.8 Å². The molecule has 0 aromatic carbocycles. The average molecular weight is 250 g/mol. The SMILES string of the molecule is O=C1CCCCC[C@@H]1Sc1nccn1C1CC1. The number of ketones is 1. The van der Waals surface area contributed by atoms with Crippen LogP contribution in [0.2, 0.25) is 0 Å². The van der Waals surface area contributed by atoms with E-state index in [1.165, 1.54) is 25.7 Å². The van der Waals surface area contributed by atoms with Gasteiger partial charge in [0.1, 0.15) is 5.78 Å². The number of hydrogen-bond acceptors (Lipinski definition) is 3. The Morgan fingerprint density at radius 1 is 1.24 bits per heavy atom. The molecule has 0 unspecified atom stereocenters. The minimum atomic E-state index is 0.150. The van der Waals surface area contributed by atoms with Gasteiger partial charge in [0, 0.05) is 24.9 Å². The van der Waals surface area contributed by atoms with Crippen LogP contribution in [-0.2, 0) is 4.79 Å². The molecular weight excluding hydrogens is 232 g/mol. The van der Waals surface area contributed by atoms with Gasteiger partial charge in [-0.05, 0) is 25.7 Å². The second kappa shape index (κ2) is 4.84. The maximum atomic E-state index is 12.0. The lowest BCUT2D eigenvalue weighted by molar-refractivity contribution is -0.118. The lowest BCUT2D eigenvalue weighted by atomic mass is 10.2. The molecule has 17 heavy (non-hydrogen) atoms. The van der Waals surface area contributed by atoms with Crippen molar-refractivity contribution < 1.29 is 4.79 Å². The van der Waals surface area contributed by atoms with E-state index in [2.05, 4.69) is 15.7 Å². The molecule has 0 saturated heterocycles. The third kappa shape index (κ3) is 2.57. The highest BCUT2D eigenvalue weighted by atomic mass is 32.2. The van der Waals surface area contributed by atoms with Crippen LogP contribution in [0.1, 0.15) is 51.0 Å². The molecule has 0 spiro atoms. The Morgan fingerprint density at radius 3 is 2.94 bits per heavy atom. The van der Waals surface area contributed by atoms with Crippen molar-refractivity contribution in [1.82, 2.24) is 9.55 Å². The Morgan fingerprint density at radius 2 is 2.12 bits per heavy atom. The molecule has 4 heteroatoms. The zero-order valence-corrected chi connectivity index (χ0v) is 10.8.